The summed E-state index contributed by atoms with van der Waals surface area (Å²) in [5.74, 6) is 1.25. The summed E-state index contributed by atoms with van der Waals surface area (Å²) in [5.41, 5.74) is 3.19. The molecule has 1 aromatic carbocycles. The van der Waals surface area contributed by atoms with Crippen molar-refractivity contribution in [2.45, 2.75) is 39.5 Å². The Morgan fingerprint density at radius 1 is 1.00 bits per heavy atom. The molecule has 18 heavy (non-hydrogen) atoms. The van der Waals surface area contributed by atoms with Gasteiger partial charge in [0, 0.05) is 5.41 Å². The van der Waals surface area contributed by atoms with Gasteiger partial charge in [0.2, 0.25) is 0 Å². The fourth-order valence-corrected chi connectivity index (χ4v) is 2.87. The van der Waals surface area contributed by atoms with E-state index in [4.69, 9.17) is 0 Å². The highest BCUT2D eigenvalue weighted by atomic mass is 14.4. The van der Waals surface area contributed by atoms with Gasteiger partial charge in [-0.2, -0.15) is 0 Å². The molecule has 0 nitrogen and oxygen atoms in total. The Morgan fingerprint density at radius 2 is 1.67 bits per heavy atom. The molecule has 0 saturated heterocycles. The fourth-order valence-electron chi connectivity index (χ4n) is 2.87. The lowest BCUT2D eigenvalue weighted by molar-refractivity contribution is 0.367. The van der Waals surface area contributed by atoms with Crippen LogP contribution in [0.2, 0.25) is 0 Å². The number of rotatable bonds is 3. The Hall–Kier alpha value is -1.30. The van der Waals surface area contributed by atoms with Crippen molar-refractivity contribution in [1.29, 1.82) is 0 Å². The molecular weight excluding hydrogens is 216 g/mol. The van der Waals surface area contributed by atoms with Crippen LogP contribution in [0.1, 0.15) is 39.7 Å². The highest BCUT2D eigenvalue weighted by Crippen LogP contribution is 2.43. The SMILES string of the molecule is CC(C)C1=CC=CC(c2ccccc2)(C(C)C)C1. The quantitative estimate of drug-likeness (QED) is 0.687. The van der Waals surface area contributed by atoms with Crippen molar-refractivity contribution in [3.05, 3.63) is 59.7 Å². The molecule has 0 heteroatoms. The van der Waals surface area contributed by atoms with Gasteiger partial charge in [-0.15, -0.1) is 0 Å². The standard InChI is InChI=1S/C18H24/c1-14(2)16-9-8-12-18(13-16,15(3)4)17-10-6-5-7-11-17/h5-12,14-15H,13H2,1-4H3. The van der Waals surface area contributed by atoms with Crippen molar-refractivity contribution < 1.29 is 0 Å². The lowest BCUT2D eigenvalue weighted by Crippen LogP contribution is -2.32. The Bertz CT molecular complexity index is 448. The summed E-state index contributed by atoms with van der Waals surface area (Å²) in [7, 11) is 0. The van der Waals surface area contributed by atoms with Crippen molar-refractivity contribution in [3.63, 3.8) is 0 Å². The molecule has 0 fully saturated rings. The van der Waals surface area contributed by atoms with Crippen LogP contribution in [0.25, 0.3) is 0 Å². The van der Waals surface area contributed by atoms with Crippen LogP contribution in [-0.4, -0.2) is 0 Å². The van der Waals surface area contributed by atoms with Gasteiger partial charge in [-0.25, -0.2) is 0 Å². The van der Waals surface area contributed by atoms with Crippen molar-refractivity contribution in [2.75, 3.05) is 0 Å². The minimum absolute atomic E-state index is 0.176. The van der Waals surface area contributed by atoms with E-state index >= 15 is 0 Å². The minimum Gasteiger partial charge on any atom is -0.0734 e. The first kappa shape index (κ1) is 13.1. The van der Waals surface area contributed by atoms with Gasteiger partial charge < -0.3 is 0 Å². The third-order valence-corrected chi connectivity index (χ3v) is 4.28. The lowest BCUT2D eigenvalue weighted by atomic mass is 9.65. The molecule has 0 aromatic heterocycles. The van der Waals surface area contributed by atoms with E-state index in [1.165, 1.54) is 5.56 Å². The first-order valence-electron chi connectivity index (χ1n) is 7.00. The van der Waals surface area contributed by atoms with Crippen LogP contribution in [0.15, 0.2) is 54.1 Å². The zero-order valence-electron chi connectivity index (χ0n) is 12.0. The van der Waals surface area contributed by atoms with Crippen molar-refractivity contribution in [2.24, 2.45) is 11.8 Å². The summed E-state index contributed by atoms with van der Waals surface area (Å²) in [4.78, 5) is 0. The van der Waals surface area contributed by atoms with Crippen LogP contribution in [0.3, 0.4) is 0 Å². The third-order valence-electron chi connectivity index (χ3n) is 4.28. The Balaban J connectivity index is 2.43. The van der Waals surface area contributed by atoms with E-state index in [1.54, 1.807) is 5.57 Å². The zero-order chi connectivity index (χ0) is 13.2. The molecular formula is C18H24. The molecule has 1 atom stereocenters. The van der Waals surface area contributed by atoms with Gasteiger partial charge in [0.15, 0.2) is 0 Å². The Labute approximate surface area is 111 Å². The molecule has 1 aliphatic rings. The normalized spacial score (nSPS) is 23.6. The molecule has 0 aliphatic heterocycles. The summed E-state index contributed by atoms with van der Waals surface area (Å²) >= 11 is 0. The first-order chi connectivity index (χ1) is 8.56. The third kappa shape index (κ3) is 2.29. The number of hydrogen-bond acceptors (Lipinski definition) is 0. The van der Waals surface area contributed by atoms with E-state index in [1.807, 2.05) is 0 Å². The van der Waals surface area contributed by atoms with Crippen molar-refractivity contribution in [1.82, 2.24) is 0 Å². The summed E-state index contributed by atoms with van der Waals surface area (Å²) < 4.78 is 0. The molecule has 0 radical (unpaired) electrons. The minimum atomic E-state index is 0.176. The fraction of sp³-hybridized carbons (Fsp3) is 0.444. The van der Waals surface area contributed by atoms with Gasteiger partial charge in [0.1, 0.15) is 0 Å². The molecule has 0 amide bonds. The second-order valence-corrected chi connectivity index (χ2v) is 5.99. The van der Waals surface area contributed by atoms with Gasteiger partial charge in [0.25, 0.3) is 0 Å². The van der Waals surface area contributed by atoms with Gasteiger partial charge in [-0.05, 0) is 23.8 Å². The van der Waals surface area contributed by atoms with Crippen LogP contribution < -0.4 is 0 Å². The molecule has 96 valence electrons. The second-order valence-electron chi connectivity index (χ2n) is 5.99. The largest absolute Gasteiger partial charge is 0.0734 e. The molecule has 0 spiro atoms. The average Bonchev–Trinajstić information content (AvgIpc) is 2.39. The highest BCUT2D eigenvalue weighted by Gasteiger charge is 2.35. The maximum Gasteiger partial charge on any atom is 0.0195 e. The van der Waals surface area contributed by atoms with Crippen LogP contribution in [0.4, 0.5) is 0 Å². The molecule has 0 N–H and O–H groups in total. The average molecular weight is 240 g/mol. The van der Waals surface area contributed by atoms with Crippen LogP contribution in [0.5, 0.6) is 0 Å². The summed E-state index contributed by atoms with van der Waals surface area (Å²) in [6, 6.07) is 11.0. The van der Waals surface area contributed by atoms with Gasteiger partial charge in [0.05, 0.1) is 0 Å². The molecule has 0 saturated carbocycles. The van der Waals surface area contributed by atoms with Gasteiger partial charge in [-0.3, -0.25) is 0 Å². The molecule has 1 aromatic rings. The van der Waals surface area contributed by atoms with Gasteiger partial charge in [-0.1, -0.05) is 81.8 Å². The van der Waals surface area contributed by atoms with E-state index in [-0.39, 0.29) is 5.41 Å². The maximum absolute atomic E-state index is 2.40. The lowest BCUT2D eigenvalue weighted by Gasteiger charge is -2.39. The summed E-state index contributed by atoms with van der Waals surface area (Å²) in [6.45, 7) is 9.25. The summed E-state index contributed by atoms with van der Waals surface area (Å²) in [5, 5.41) is 0. The van der Waals surface area contributed by atoms with Crippen LogP contribution in [-0.2, 0) is 5.41 Å². The highest BCUT2D eigenvalue weighted by molar-refractivity contribution is 5.39. The molecule has 0 bridgehead atoms. The Morgan fingerprint density at radius 3 is 2.22 bits per heavy atom. The van der Waals surface area contributed by atoms with Crippen molar-refractivity contribution in [3.8, 4) is 0 Å². The molecule has 0 heterocycles. The maximum atomic E-state index is 2.40. The van der Waals surface area contributed by atoms with E-state index in [0.29, 0.717) is 11.8 Å². The van der Waals surface area contributed by atoms with E-state index in [2.05, 4.69) is 76.3 Å². The predicted molar refractivity (Wildman–Crippen MR) is 79.6 cm³/mol. The smallest absolute Gasteiger partial charge is 0.0195 e. The number of allylic oxidation sites excluding steroid dienone is 4. The van der Waals surface area contributed by atoms with Crippen LogP contribution in [0, 0.1) is 11.8 Å². The number of benzene rings is 1. The number of hydrogen-bond donors (Lipinski definition) is 0. The second kappa shape index (κ2) is 5.14. The first-order valence-corrected chi connectivity index (χ1v) is 7.00. The van der Waals surface area contributed by atoms with E-state index in [0.717, 1.165) is 6.42 Å². The predicted octanol–water partition coefficient (Wildman–Crippen LogP) is 5.12. The zero-order valence-corrected chi connectivity index (χ0v) is 12.0. The van der Waals surface area contributed by atoms with Gasteiger partial charge >= 0.3 is 0 Å². The molecule has 2 rings (SSSR count). The summed E-state index contributed by atoms with van der Waals surface area (Å²) in [6.07, 6.45) is 8.11. The van der Waals surface area contributed by atoms with E-state index < -0.39 is 0 Å². The Kier molecular flexibility index (Phi) is 3.75. The molecule has 1 aliphatic carbocycles. The van der Waals surface area contributed by atoms with E-state index in [9.17, 15) is 0 Å². The van der Waals surface area contributed by atoms with Crippen molar-refractivity contribution >= 4 is 0 Å². The van der Waals surface area contributed by atoms with Crippen LogP contribution >= 0.6 is 0 Å². The topological polar surface area (TPSA) is 0 Å². The molecule has 1 unspecified atom stereocenters. The monoisotopic (exact) mass is 240 g/mol.